The summed E-state index contributed by atoms with van der Waals surface area (Å²) in [7, 11) is 0. The van der Waals surface area contributed by atoms with Crippen LogP contribution in [0.15, 0.2) is 0 Å². The monoisotopic (exact) mass is 161 g/mol. The molecule has 0 N–H and O–H groups in total. The van der Waals surface area contributed by atoms with Crippen LogP contribution < -0.4 is 0 Å². The van der Waals surface area contributed by atoms with Crippen LogP contribution in [0.5, 0.6) is 0 Å². The molecule has 0 saturated heterocycles. The highest BCUT2D eigenvalue weighted by atomic mass is 16.5. The van der Waals surface area contributed by atoms with Crippen molar-refractivity contribution < 1.29 is 14.6 Å². The minimum absolute atomic E-state index is 0.158. The maximum absolute atomic E-state index is 9.90. The van der Waals surface area contributed by atoms with Gasteiger partial charge in [0.1, 0.15) is 6.61 Å². The van der Waals surface area contributed by atoms with Gasteiger partial charge in [0.15, 0.2) is 0 Å². The zero-order valence-corrected chi connectivity index (χ0v) is 7.17. The molecule has 67 valence electrons. The molecule has 0 aliphatic rings. The Bertz CT molecular complexity index is 58.4. The van der Waals surface area contributed by atoms with E-state index < -0.39 is 0 Å². The number of rotatable bonds is 8. The minimum atomic E-state index is -0.158. The molecule has 0 bridgehead atoms. The predicted octanol–water partition coefficient (Wildman–Crippen LogP) is 1.25. The first-order valence-electron chi connectivity index (χ1n) is 4.15. The lowest BCUT2D eigenvalue weighted by Crippen LogP contribution is -2.07. The second kappa shape index (κ2) is 9.88. The van der Waals surface area contributed by atoms with E-state index in [1.165, 1.54) is 0 Å². The van der Waals surface area contributed by atoms with Gasteiger partial charge in [-0.15, -0.1) is 0 Å². The van der Waals surface area contributed by atoms with Crippen LogP contribution in [0, 0.1) is 0 Å². The second-order valence-corrected chi connectivity index (χ2v) is 2.28. The molecule has 11 heavy (non-hydrogen) atoms. The molecule has 0 atom stereocenters. The molecule has 0 rings (SSSR count). The smallest absolute Gasteiger partial charge is 0.106 e. The van der Waals surface area contributed by atoms with E-state index >= 15 is 0 Å². The van der Waals surface area contributed by atoms with Crippen molar-refractivity contribution in [1.29, 1.82) is 0 Å². The molecular formula is C8H17O3. The average molecular weight is 161 g/mol. The normalized spacial score (nSPS) is 10.4. The van der Waals surface area contributed by atoms with Crippen molar-refractivity contribution in [3.05, 3.63) is 0 Å². The van der Waals surface area contributed by atoms with Crippen molar-refractivity contribution in [3.8, 4) is 0 Å². The van der Waals surface area contributed by atoms with Gasteiger partial charge < -0.3 is 9.47 Å². The van der Waals surface area contributed by atoms with E-state index in [-0.39, 0.29) is 6.61 Å². The Balaban J connectivity index is 2.69. The number of hydrogen-bond donors (Lipinski definition) is 0. The molecule has 0 heterocycles. The first-order chi connectivity index (χ1) is 5.41. The lowest BCUT2D eigenvalue weighted by atomic mass is 10.4. The zero-order valence-electron chi connectivity index (χ0n) is 7.17. The van der Waals surface area contributed by atoms with E-state index in [4.69, 9.17) is 9.47 Å². The van der Waals surface area contributed by atoms with E-state index in [1.807, 2.05) is 0 Å². The molecule has 0 saturated carbocycles. The maximum atomic E-state index is 9.90. The van der Waals surface area contributed by atoms with Gasteiger partial charge in [-0.25, -0.2) is 5.11 Å². The van der Waals surface area contributed by atoms with Crippen LogP contribution in [0.1, 0.15) is 19.8 Å². The fraction of sp³-hybridized carbons (Fsp3) is 1.00. The summed E-state index contributed by atoms with van der Waals surface area (Å²) in [5.74, 6) is 0. The summed E-state index contributed by atoms with van der Waals surface area (Å²) >= 11 is 0. The Morgan fingerprint density at radius 1 is 1.00 bits per heavy atom. The third-order valence-corrected chi connectivity index (χ3v) is 1.24. The highest BCUT2D eigenvalue weighted by Crippen LogP contribution is 1.87. The van der Waals surface area contributed by atoms with Crippen molar-refractivity contribution in [2.75, 3.05) is 33.0 Å². The number of hydrogen-bond acceptors (Lipinski definition) is 2. The standard InChI is InChI=1S/C8H17O3/c1-2-3-5-10-7-8-11-6-4-9/h2-8H2,1H3. The number of ether oxygens (including phenoxy) is 2. The average Bonchev–Trinajstić information content (AvgIpc) is 2.03. The van der Waals surface area contributed by atoms with E-state index in [1.54, 1.807) is 0 Å². The molecule has 3 heteroatoms. The Hall–Kier alpha value is -0.120. The van der Waals surface area contributed by atoms with Crippen LogP contribution in [0.3, 0.4) is 0 Å². The largest absolute Gasteiger partial charge is 0.379 e. The Kier molecular flexibility index (Phi) is 9.77. The molecule has 0 amide bonds. The fourth-order valence-electron chi connectivity index (χ4n) is 0.627. The van der Waals surface area contributed by atoms with Gasteiger partial charge >= 0.3 is 0 Å². The van der Waals surface area contributed by atoms with Gasteiger partial charge in [-0.05, 0) is 6.42 Å². The third-order valence-electron chi connectivity index (χ3n) is 1.24. The summed E-state index contributed by atoms with van der Waals surface area (Å²) in [6.07, 6.45) is 2.25. The van der Waals surface area contributed by atoms with Crippen molar-refractivity contribution >= 4 is 0 Å². The molecule has 0 fully saturated rings. The van der Waals surface area contributed by atoms with Gasteiger partial charge in [-0.1, -0.05) is 13.3 Å². The van der Waals surface area contributed by atoms with Crippen LogP contribution in [-0.4, -0.2) is 33.0 Å². The van der Waals surface area contributed by atoms with Gasteiger partial charge in [0.2, 0.25) is 0 Å². The second-order valence-electron chi connectivity index (χ2n) is 2.28. The highest BCUT2D eigenvalue weighted by molar-refractivity contribution is 4.33. The van der Waals surface area contributed by atoms with Gasteiger partial charge in [-0.2, -0.15) is 0 Å². The van der Waals surface area contributed by atoms with Gasteiger partial charge in [0.05, 0.1) is 19.8 Å². The van der Waals surface area contributed by atoms with Gasteiger partial charge in [0.25, 0.3) is 0 Å². The summed E-state index contributed by atoms with van der Waals surface area (Å²) in [6.45, 7) is 4.23. The molecule has 0 aromatic rings. The van der Waals surface area contributed by atoms with Crippen LogP contribution in [0.2, 0.25) is 0 Å². The van der Waals surface area contributed by atoms with Crippen LogP contribution >= 0.6 is 0 Å². The fourth-order valence-corrected chi connectivity index (χ4v) is 0.627. The van der Waals surface area contributed by atoms with Gasteiger partial charge in [0, 0.05) is 6.61 Å². The Labute approximate surface area is 68.3 Å². The molecule has 0 aliphatic carbocycles. The summed E-state index contributed by atoms with van der Waals surface area (Å²) in [6, 6.07) is 0. The molecule has 0 aromatic carbocycles. The Morgan fingerprint density at radius 2 is 1.64 bits per heavy atom. The summed E-state index contributed by atoms with van der Waals surface area (Å²) in [5, 5.41) is 9.90. The summed E-state index contributed by atoms with van der Waals surface area (Å²) in [5.41, 5.74) is 0. The molecule has 0 aliphatic heterocycles. The lowest BCUT2D eigenvalue weighted by molar-refractivity contribution is 0.0205. The minimum Gasteiger partial charge on any atom is -0.379 e. The van der Waals surface area contributed by atoms with E-state index in [9.17, 15) is 5.11 Å². The van der Waals surface area contributed by atoms with Gasteiger partial charge in [-0.3, -0.25) is 0 Å². The molecule has 1 radical (unpaired) electrons. The topological polar surface area (TPSA) is 38.4 Å². The molecule has 3 nitrogen and oxygen atoms in total. The van der Waals surface area contributed by atoms with E-state index in [0.29, 0.717) is 19.8 Å². The molecule has 0 spiro atoms. The number of unbranched alkanes of at least 4 members (excludes halogenated alkanes) is 1. The predicted molar refractivity (Wildman–Crippen MR) is 42.1 cm³/mol. The first-order valence-corrected chi connectivity index (χ1v) is 4.15. The lowest BCUT2D eigenvalue weighted by Gasteiger charge is -2.02. The van der Waals surface area contributed by atoms with E-state index in [0.717, 1.165) is 19.4 Å². The molecular weight excluding hydrogens is 144 g/mol. The van der Waals surface area contributed by atoms with Crippen molar-refractivity contribution in [2.24, 2.45) is 0 Å². The van der Waals surface area contributed by atoms with Crippen molar-refractivity contribution in [1.82, 2.24) is 0 Å². The van der Waals surface area contributed by atoms with Crippen LogP contribution in [0.4, 0.5) is 0 Å². The van der Waals surface area contributed by atoms with E-state index in [2.05, 4.69) is 6.92 Å². The summed E-state index contributed by atoms with van der Waals surface area (Å²) < 4.78 is 10.1. The quantitative estimate of drug-likeness (QED) is 0.502. The van der Waals surface area contributed by atoms with Crippen molar-refractivity contribution in [3.63, 3.8) is 0 Å². The maximum Gasteiger partial charge on any atom is 0.106 e. The molecule has 0 aromatic heterocycles. The molecule has 0 unspecified atom stereocenters. The SMILES string of the molecule is CCCCOCCOCC[O]. The highest BCUT2D eigenvalue weighted by Gasteiger charge is 1.88. The Morgan fingerprint density at radius 3 is 2.18 bits per heavy atom. The van der Waals surface area contributed by atoms with Crippen LogP contribution in [-0.2, 0) is 14.6 Å². The summed E-state index contributed by atoms with van der Waals surface area (Å²) in [4.78, 5) is 0. The van der Waals surface area contributed by atoms with Crippen LogP contribution in [0.25, 0.3) is 0 Å². The third kappa shape index (κ3) is 9.88. The first kappa shape index (κ1) is 10.9. The zero-order chi connectivity index (χ0) is 8.36. The van der Waals surface area contributed by atoms with Crippen molar-refractivity contribution in [2.45, 2.75) is 19.8 Å².